The lowest BCUT2D eigenvalue weighted by Gasteiger charge is -1.65. The average Bonchev–Trinajstić information content (AvgIpc) is 1.76. The lowest BCUT2D eigenvalue weighted by Crippen LogP contribution is -1.98. The third-order valence-electron chi connectivity index (χ3n) is 0. The van der Waals surface area contributed by atoms with Crippen LogP contribution in [-0.4, -0.2) is 69.8 Å². The van der Waals surface area contributed by atoms with Crippen LogP contribution in [0.4, 0.5) is 17.3 Å². The van der Waals surface area contributed by atoms with Gasteiger partial charge in [-0.15, -0.1) is 0 Å². The summed E-state index contributed by atoms with van der Waals surface area (Å²) < 4.78 is 40.4. The molecule has 0 heterocycles. The first-order valence-corrected chi connectivity index (χ1v) is 2.94. The van der Waals surface area contributed by atoms with E-state index < -0.39 is 29.6 Å². The molecule has 8 unspecified atom stereocenters. The molecule has 0 aliphatic rings. The lowest BCUT2D eigenvalue weighted by atomic mass is 10.3. The monoisotopic (exact) mass is 528 g/mol. The van der Waals surface area contributed by atoms with Crippen molar-refractivity contribution < 1.29 is 57.5 Å². The van der Waals surface area contributed by atoms with Crippen LogP contribution in [-0.2, 0) is 0 Å². The number of halogens is 4. The van der Waals surface area contributed by atoms with Gasteiger partial charge in [-0.05, 0) is 0 Å². The molecule has 0 aliphatic heterocycles. The standard InChI is InChI=1S/4BFH2O2.8H3P/c4*2-1(3)4;;;;;;;;/h4*3-4H;8*1H3. The Morgan fingerprint density at radius 3 is 0.292 bits per heavy atom. The Bertz CT molecular complexity index is 89.1. The van der Waals surface area contributed by atoms with Crippen molar-refractivity contribution in [3.8, 4) is 0 Å². The average molecular weight is 527 g/mol. The highest BCUT2D eigenvalue weighted by Gasteiger charge is 1.98. The minimum absolute atomic E-state index is 0. The van der Waals surface area contributed by atoms with E-state index in [2.05, 4.69) is 0 Å². The highest BCUT2D eigenvalue weighted by molar-refractivity contribution is 6.93. The van der Waals surface area contributed by atoms with Gasteiger partial charge in [0.1, 0.15) is 0 Å². The molecule has 8 N–H and O–H groups in total. The van der Waals surface area contributed by atoms with Gasteiger partial charge in [0.15, 0.2) is 0 Å². The molecule has 0 aromatic heterocycles. The van der Waals surface area contributed by atoms with Crippen molar-refractivity contribution in [3.63, 3.8) is 0 Å². The van der Waals surface area contributed by atoms with Crippen molar-refractivity contribution in [2.75, 3.05) is 0 Å². The second kappa shape index (κ2) is 72.1. The van der Waals surface area contributed by atoms with E-state index in [4.69, 9.17) is 40.2 Å². The zero-order chi connectivity index (χ0) is 14.3. The summed E-state index contributed by atoms with van der Waals surface area (Å²) in [7, 11) is -10.7. The van der Waals surface area contributed by atoms with Crippen molar-refractivity contribution in [1.29, 1.82) is 0 Å². The molecular formula is H32B4F4O8P8. The number of rotatable bonds is 0. The fourth-order valence-corrected chi connectivity index (χ4v) is 0. The zero-order valence-corrected chi connectivity index (χ0v) is 24.4. The summed E-state index contributed by atoms with van der Waals surface area (Å²) >= 11 is 0. The minimum atomic E-state index is -2.67. The van der Waals surface area contributed by atoms with Crippen LogP contribution in [0.5, 0.6) is 0 Å². The predicted molar refractivity (Wildman–Crippen MR) is 134 cm³/mol. The van der Waals surface area contributed by atoms with Crippen molar-refractivity contribution in [3.05, 3.63) is 0 Å². The fraction of sp³-hybridized carbons (Fsp3) is 0. The van der Waals surface area contributed by atoms with Crippen molar-refractivity contribution >= 4 is 109 Å². The Labute approximate surface area is 166 Å². The summed E-state index contributed by atoms with van der Waals surface area (Å²) in [5.74, 6) is 0. The molecule has 24 heavy (non-hydrogen) atoms. The summed E-state index contributed by atoms with van der Waals surface area (Å²) in [5.41, 5.74) is 0. The molecule has 0 spiro atoms. The van der Waals surface area contributed by atoms with Gasteiger partial charge in [0.05, 0.1) is 0 Å². The van der Waals surface area contributed by atoms with Gasteiger partial charge in [-0.3, -0.25) is 17.3 Å². The molecule has 0 bridgehead atoms. The van der Waals surface area contributed by atoms with Gasteiger partial charge in [0.2, 0.25) is 0 Å². The minimum Gasteiger partial charge on any atom is -0.398 e. The van der Waals surface area contributed by atoms with Gasteiger partial charge >= 0.3 is 29.6 Å². The molecule has 8 nitrogen and oxygen atoms in total. The Morgan fingerprint density at radius 1 is 0.292 bits per heavy atom. The molecule has 0 amide bonds. The van der Waals surface area contributed by atoms with E-state index in [0.29, 0.717) is 0 Å². The maximum atomic E-state index is 10.1. The van der Waals surface area contributed by atoms with Crippen LogP contribution in [0.3, 0.4) is 0 Å². The van der Waals surface area contributed by atoms with Gasteiger partial charge < -0.3 is 40.2 Å². The summed E-state index contributed by atoms with van der Waals surface area (Å²) in [6, 6.07) is 0. The Kier molecular flexibility index (Phi) is 243. The van der Waals surface area contributed by atoms with Crippen molar-refractivity contribution in [2.45, 2.75) is 0 Å². The van der Waals surface area contributed by atoms with E-state index in [1.54, 1.807) is 0 Å². The van der Waals surface area contributed by atoms with Crippen LogP contribution in [0.15, 0.2) is 0 Å². The second-order valence-corrected chi connectivity index (χ2v) is 1.24. The number of hydrogen-bond donors (Lipinski definition) is 8. The van der Waals surface area contributed by atoms with Crippen LogP contribution < -0.4 is 0 Å². The molecule has 0 rings (SSSR count). The molecule has 0 fully saturated rings. The topological polar surface area (TPSA) is 162 Å². The molecule has 8 atom stereocenters. The summed E-state index contributed by atoms with van der Waals surface area (Å²) in [6.45, 7) is 0. The van der Waals surface area contributed by atoms with Gasteiger partial charge in [-0.1, -0.05) is 0 Å². The zero-order valence-electron chi connectivity index (χ0n) is 13.1. The molecule has 24 heteroatoms. The van der Waals surface area contributed by atoms with Crippen LogP contribution in [0, 0.1) is 0 Å². The van der Waals surface area contributed by atoms with Crippen LogP contribution in [0.2, 0.25) is 0 Å². The molecular weight excluding hydrogens is 495 g/mol. The van der Waals surface area contributed by atoms with Gasteiger partial charge in [-0.25, -0.2) is 0 Å². The first-order valence-electron chi connectivity index (χ1n) is 2.94. The molecule has 160 valence electrons. The largest absolute Gasteiger partial charge is 0.674 e. The molecule has 0 radical (unpaired) electrons. The Morgan fingerprint density at radius 2 is 0.292 bits per heavy atom. The van der Waals surface area contributed by atoms with Gasteiger partial charge in [-0.2, -0.15) is 79.2 Å². The first-order chi connectivity index (χ1) is 6.93. The van der Waals surface area contributed by atoms with Crippen LogP contribution >= 0.6 is 79.2 Å². The van der Waals surface area contributed by atoms with E-state index in [0.717, 1.165) is 0 Å². The third kappa shape index (κ3) is 1520. The summed E-state index contributed by atoms with van der Waals surface area (Å²) in [4.78, 5) is 0. The fourth-order valence-electron chi connectivity index (χ4n) is 0. The first kappa shape index (κ1) is 81.0. The molecule has 0 aromatic rings. The molecule has 0 aliphatic carbocycles. The van der Waals surface area contributed by atoms with E-state index in [-0.39, 0.29) is 79.2 Å². The van der Waals surface area contributed by atoms with E-state index in [1.165, 1.54) is 0 Å². The molecule has 0 aromatic carbocycles. The van der Waals surface area contributed by atoms with Crippen LogP contribution in [0.25, 0.3) is 0 Å². The number of hydrogen-bond acceptors (Lipinski definition) is 8. The quantitative estimate of drug-likeness (QED) is 0.0904. The third-order valence-corrected chi connectivity index (χ3v) is 0. The SMILES string of the molecule is OB(O)F.OB(O)F.OB(O)F.OB(O)F.P.P.P.P.P.P.P.P. The van der Waals surface area contributed by atoms with E-state index in [9.17, 15) is 17.3 Å². The van der Waals surface area contributed by atoms with Crippen LogP contribution in [0.1, 0.15) is 0 Å². The van der Waals surface area contributed by atoms with E-state index in [1.807, 2.05) is 0 Å². The summed E-state index contributed by atoms with van der Waals surface area (Å²) in [6.07, 6.45) is 0. The maximum absolute atomic E-state index is 10.1. The van der Waals surface area contributed by atoms with Gasteiger partial charge in [0.25, 0.3) is 0 Å². The molecule has 0 saturated heterocycles. The highest BCUT2D eigenvalue weighted by Crippen LogP contribution is 1.58. The van der Waals surface area contributed by atoms with Crippen molar-refractivity contribution in [2.24, 2.45) is 0 Å². The normalized spacial score (nSPS) is 4.50. The predicted octanol–water partition coefficient (Wildman–Crippen LogP) is -3.83. The molecule has 0 saturated carbocycles. The highest BCUT2D eigenvalue weighted by atomic mass is 31.0. The maximum Gasteiger partial charge on any atom is 0.674 e. The van der Waals surface area contributed by atoms with Gasteiger partial charge in [0, 0.05) is 0 Å². The second-order valence-electron chi connectivity index (χ2n) is 1.24. The Hall–Kier alpha value is 3.10. The smallest absolute Gasteiger partial charge is 0.398 e. The van der Waals surface area contributed by atoms with Crippen molar-refractivity contribution in [1.82, 2.24) is 0 Å². The Balaban J connectivity index is -0.00000000720. The van der Waals surface area contributed by atoms with E-state index >= 15 is 0 Å². The lowest BCUT2D eigenvalue weighted by molar-refractivity contribution is 0.338. The summed E-state index contributed by atoms with van der Waals surface area (Å²) in [5, 5.41) is 55.6.